The van der Waals surface area contributed by atoms with Crippen molar-refractivity contribution in [3.8, 4) is 0 Å². The van der Waals surface area contributed by atoms with Gasteiger partial charge in [0, 0.05) is 5.02 Å². The molecule has 3 N–H and O–H groups in total. The van der Waals surface area contributed by atoms with Crippen LogP contribution in [-0.4, -0.2) is 8.42 Å². The van der Waals surface area contributed by atoms with Gasteiger partial charge in [0.25, 0.3) is 0 Å². The minimum absolute atomic E-state index is 0.0639. The Morgan fingerprint density at radius 2 is 1.50 bits per heavy atom. The van der Waals surface area contributed by atoms with Crippen LogP contribution in [0.5, 0.6) is 0 Å². The molecule has 0 radical (unpaired) electrons. The third-order valence-corrected chi connectivity index (χ3v) is 6.03. The highest BCUT2D eigenvalue weighted by atomic mass is 35.5. The molecule has 2 atom stereocenters. The van der Waals surface area contributed by atoms with Gasteiger partial charge in [-0.2, -0.15) is 0 Å². The van der Waals surface area contributed by atoms with E-state index in [0.29, 0.717) is 5.56 Å². The number of benzene rings is 3. The first kappa shape index (κ1) is 20.5. The van der Waals surface area contributed by atoms with Gasteiger partial charge >= 0.3 is 0 Å². The fourth-order valence-corrected chi connectivity index (χ4v) is 4.68. The molecule has 4 nitrogen and oxygen atoms in total. The van der Waals surface area contributed by atoms with Gasteiger partial charge in [0.2, 0.25) is 10.0 Å². The Morgan fingerprint density at radius 1 is 0.929 bits per heavy atom. The van der Waals surface area contributed by atoms with Gasteiger partial charge in [-0.15, -0.1) is 0 Å². The average molecular weight is 419 g/mol. The van der Waals surface area contributed by atoms with E-state index in [1.807, 2.05) is 60.7 Å². The highest BCUT2D eigenvalue weighted by molar-refractivity contribution is 7.88. The largest absolute Gasteiger partial charge is 0.322 e. The van der Waals surface area contributed by atoms with E-state index >= 15 is 0 Å². The second kappa shape index (κ2) is 8.84. The quantitative estimate of drug-likeness (QED) is 0.599. The number of halogens is 2. The van der Waals surface area contributed by atoms with Gasteiger partial charge in [0.1, 0.15) is 5.82 Å². The van der Waals surface area contributed by atoms with Gasteiger partial charge in [-0.05, 0) is 28.8 Å². The molecular formula is C21H20ClFN2O2S. The van der Waals surface area contributed by atoms with E-state index in [9.17, 15) is 12.8 Å². The van der Waals surface area contributed by atoms with Crippen LogP contribution in [0, 0.1) is 5.82 Å². The van der Waals surface area contributed by atoms with Crippen LogP contribution in [0.4, 0.5) is 4.39 Å². The molecule has 0 fully saturated rings. The molecule has 3 rings (SSSR count). The van der Waals surface area contributed by atoms with E-state index in [-0.39, 0.29) is 10.8 Å². The third-order valence-electron chi connectivity index (χ3n) is 4.37. The van der Waals surface area contributed by atoms with E-state index in [2.05, 4.69) is 4.72 Å². The van der Waals surface area contributed by atoms with Crippen LogP contribution in [0.1, 0.15) is 28.8 Å². The van der Waals surface area contributed by atoms with Crippen LogP contribution < -0.4 is 10.5 Å². The molecule has 146 valence electrons. The zero-order valence-electron chi connectivity index (χ0n) is 14.9. The lowest BCUT2D eigenvalue weighted by atomic mass is 9.95. The van der Waals surface area contributed by atoms with Crippen molar-refractivity contribution < 1.29 is 12.8 Å². The first-order valence-electron chi connectivity index (χ1n) is 8.65. The monoisotopic (exact) mass is 418 g/mol. The Kier molecular flexibility index (Phi) is 6.46. The lowest BCUT2D eigenvalue weighted by Gasteiger charge is -2.26. The predicted molar refractivity (Wildman–Crippen MR) is 110 cm³/mol. The van der Waals surface area contributed by atoms with Crippen molar-refractivity contribution in [2.45, 2.75) is 17.8 Å². The summed E-state index contributed by atoms with van der Waals surface area (Å²) < 4.78 is 41.6. The molecular weight excluding hydrogens is 399 g/mol. The summed E-state index contributed by atoms with van der Waals surface area (Å²) in [6.45, 7) is 0. The van der Waals surface area contributed by atoms with Gasteiger partial charge < -0.3 is 5.73 Å². The minimum atomic E-state index is -3.81. The summed E-state index contributed by atoms with van der Waals surface area (Å²) in [5.41, 5.74) is 8.28. The maximum Gasteiger partial charge on any atom is 0.216 e. The predicted octanol–water partition coefficient (Wildman–Crippen LogP) is 4.34. The fraction of sp³-hybridized carbons (Fsp3) is 0.143. The molecule has 28 heavy (non-hydrogen) atoms. The summed E-state index contributed by atoms with van der Waals surface area (Å²) in [6, 6.07) is 20.8. The normalized spacial score (nSPS) is 13.8. The molecule has 0 aliphatic rings. The maximum absolute atomic E-state index is 13.2. The maximum atomic E-state index is 13.2. The molecule has 0 aliphatic heterocycles. The fourth-order valence-electron chi connectivity index (χ4n) is 2.96. The number of nitrogens with two attached hydrogens (primary N) is 1. The SMILES string of the molecule is NC(c1ccccc1)C(NS(=O)(=O)Cc1ccc(F)cc1Cl)c1ccccc1. The lowest BCUT2D eigenvalue weighted by molar-refractivity contribution is 0.503. The number of rotatable bonds is 7. The van der Waals surface area contributed by atoms with Gasteiger partial charge in [0.05, 0.1) is 17.8 Å². The van der Waals surface area contributed by atoms with Gasteiger partial charge in [0.15, 0.2) is 0 Å². The first-order chi connectivity index (χ1) is 13.4. The van der Waals surface area contributed by atoms with Crippen molar-refractivity contribution in [1.82, 2.24) is 4.72 Å². The topological polar surface area (TPSA) is 72.2 Å². The highest BCUT2D eigenvalue weighted by Crippen LogP contribution is 2.28. The molecule has 0 aromatic heterocycles. The standard InChI is InChI=1S/C21H20ClFN2O2S/c22-19-13-18(23)12-11-17(19)14-28(26,27)25-21(16-9-5-2-6-10-16)20(24)15-7-3-1-4-8-15/h1-13,20-21,25H,14,24H2. The van der Waals surface area contributed by atoms with Crippen LogP contribution in [-0.2, 0) is 15.8 Å². The second-order valence-corrected chi connectivity index (χ2v) is 8.60. The average Bonchev–Trinajstić information content (AvgIpc) is 2.69. The number of nitrogens with one attached hydrogen (secondary N) is 1. The van der Waals surface area contributed by atoms with E-state index in [1.54, 1.807) is 0 Å². The molecule has 2 unspecified atom stereocenters. The molecule has 7 heteroatoms. The molecule has 0 bridgehead atoms. The van der Waals surface area contributed by atoms with Crippen LogP contribution in [0.2, 0.25) is 5.02 Å². The molecule has 0 heterocycles. The number of sulfonamides is 1. The summed E-state index contributed by atoms with van der Waals surface area (Å²) in [5.74, 6) is -0.899. The van der Waals surface area contributed by atoms with E-state index in [0.717, 1.165) is 17.2 Å². The summed E-state index contributed by atoms with van der Waals surface area (Å²) >= 11 is 5.99. The first-order valence-corrected chi connectivity index (χ1v) is 10.7. The van der Waals surface area contributed by atoms with Crippen LogP contribution in [0.25, 0.3) is 0 Å². The number of hydrogen-bond acceptors (Lipinski definition) is 3. The van der Waals surface area contributed by atoms with Gasteiger partial charge in [-0.25, -0.2) is 17.5 Å². The summed E-state index contributed by atoms with van der Waals surface area (Å²) in [6.07, 6.45) is 0. The van der Waals surface area contributed by atoms with Crippen molar-refractivity contribution in [2.24, 2.45) is 5.73 Å². The van der Waals surface area contributed by atoms with Crippen molar-refractivity contribution in [3.63, 3.8) is 0 Å². The second-order valence-electron chi connectivity index (χ2n) is 6.44. The molecule has 0 amide bonds. The van der Waals surface area contributed by atoms with Crippen LogP contribution in [0.3, 0.4) is 0 Å². The van der Waals surface area contributed by atoms with Crippen molar-refractivity contribution >= 4 is 21.6 Å². The summed E-state index contributed by atoms with van der Waals surface area (Å²) in [4.78, 5) is 0. The zero-order valence-corrected chi connectivity index (χ0v) is 16.5. The smallest absolute Gasteiger partial charge is 0.216 e. The lowest BCUT2D eigenvalue weighted by Crippen LogP contribution is -2.36. The molecule has 0 spiro atoms. The highest BCUT2D eigenvalue weighted by Gasteiger charge is 2.27. The van der Waals surface area contributed by atoms with Gasteiger partial charge in [-0.1, -0.05) is 78.3 Å². The molecule has 0 aliphatic carbocycles. The van der Waals surface area contributed by atoms with Crippen molar-refractivity contribution in [1.29, 1.82) is 0 Å². The van der Waals surface area contributed by atoms with E-state index in [1.165, 1.54) is 12.1 Å². The summed E-state index contributed by atoms with van der Waals surface area (Å²) in [7, 11) is -3.81. The number of hydrogen-bond donors (Lipinski definition) is 2. The molecule has 3 aromatic rings. The van der Waals surface area contributed by atoms with Gasteiger partial charge in [-0.3, -0.25) is 0 Å². The third kappa shape index (κ3) is 5.17. The van der Waals surface area contributed by atoms with Crippen LogP contribution in [0.15, 0.2) is 78.9 Å². The van der Waals surface area contributed by atoms with Crippen LogP contribution >= 0.6 is 11.6 Å². The molecule has 3 aromatic carbocycles. The Morgan fingerprint density at radius 3 is 2.07 bits per heavy atom. The Bertz CT molecular complexity index is 1030. The van der Waals surface area contributed by atoms with E-state index < -0.39 is 27.9 Å². The Labute approximate surface area is 169 Å². The Hall–Kier alpha value is -2.25. The minimum Gasteiger partial charge on any atom is -0.322 e. The zero-order chi connectivity index (χ0) is 20.1. The molecule has 0 saturated carbocycles. The Balaban J connectivity index is 1.90. The van der Waals surface area contributed by atoms with E-state index in [4.69, 9.17) is 17.3 Å². The summed E-state index contributed by atoms with van der Waals surface area (Å²) in [5, 5.41) is 0.0639. The van der Waals surface area contributed by atoms with Crippen molar-refractivity contribution in [2.75, 3.05) is 0 Å². The van der Waals surface area contributed by atoms with Crippen molar-refractivity contribution in [3.05, 3.63) is 106 Å². The molecule has 0 saturated heterocycles.